The second kappa shape index (κ2) is 5.93. The van der Waals surface area contributed by atoms with E-state index in [2.05, 4.69) is 22.2 Å². The minimum absolute atomic E-state index is 0.0815. The summed E-state index contributed by atoms with van der Waals surface area (Å²) in [6.07, 6.45) is 7.20. The highest BCUT2D eigenvalue weighted by Gasteiger charge is 2.23. The zero-order valence-electron chi connectivity index (χ0n) is 12.1. The topological polar surface area (TPSA) is 55.9 Å². The average Bonchev–Trinajstić information content (AvgIpc) is 3.17. The van der Waals surface area contributed by atoms with Gasteiger partial charge in [0.1, 0.15) is 17.6 Å². The van der Waals surface area contributed by atoms with Crippen LogP contribution in [0.25, 0.3) is 0 Å². The molecule has 21 heavy (non-hydrogen) atoms. The zero-order valence-corrected chi connectivity index (χ0v) is 12.1. The lowest BCUT2D eigenvalue weighted by Crippen LogP contribution is -2.28. The number of nitrogens with one attached hydrogen (secondary N) is 1. The van der Waals surface area contributed by atoms with Crippen molar-refractivity contribution in [3.63, 3.8) is 0 Å². The molecule has 3 heterocycles. The summed E-state index contributed by atoms with van der Waals surface area (Å²) in [5, 5.41) is 3.54. The van der Waals surface area contributed by atoms with Crippen molar-refractivity contribution in [2.45, 2.75) is 19.0 Å². The highest BCUT2D eigenvalue weighted by Crippen LogP contribution is 2.24. The molecule has 0 saturated carbocycles. The van der Waals surface area contributed by atoms with Crippen LogP contribution in [0.5, 0.6) is 0 Å². The lowest BCUT2D eigenvalue weighted by Gasteiger charge is -2.21. The summed E-state index contributed by atoms with van der Waals surface area (Å²) < 4.78 is 7.57. The van der Waals surface area contributed by atoms with E-state index in [-0.39, 0.29) is 12.1 Å². The van der Waals surface area contributed by atoms with Crippen LogP contribution in [-0.2, 0) is 7.05 Å². The third-order valence-corrected chi connectivity index (χ3v) is 3.49. The van der Waals surface area contributed by atoms with Crippen LogP contribution < -0.4 is 5.32 Å². The molecule has 3 aromatic rings. The van der Waals surface area contributed by atoms with Crippen molar-refractivity contribution in [2.75, 3.05) is 0 Å². The fourth-order valence-corrected chi connectivity index (χ4v) is 2.36. The maximum atomic E-state index is 5.57. The molecule has 5 heteroatoms. The van der Waals surface area contributed by atoms with Crippen molar-refractivity contribution in [2.24, 2.45) is 7.05 Å². The summed E-state index contributed by atoms with van der Waals surface area (Å²) in [6, 6.07) is 9.72. The lowest BCUT2D eigenvalue weighted by atomic mass is 10.1. The molecule has 0 aliphatic carbocycles. The fraction of sp³-hybridized carbons (Fsp3) is 0.250. The Balaban J connectivity index is 1.89. The normalized spacial score (nSPS) is 14.0. The largest absolute Gasteiger partial charge is 0.467 e. The standard InChI is InChI=1S/C16H18N4O/c1-12(13-6-3-4-8-17-13)19-15(14-7-5-11-21-14)16-18-9-10-20(16)2/h3-12,15,19H,1-2H3/t12-,15?/m0/s1. The molecular formula is C16H18N4O. The molecule has 0 aliphatic heterocycles. The summed E-state index contributed by atoms with van der Waals surface area (Å²) in [7, 11) is 1.98. The predicted octanol–water partition coefficient (Wildman–Crippen LogP) is 2.85. The highest BCUT2D eigenvalue weighted by atomic mass is 16.3. The molecule has 0 aromatic carbocycles. The lowest BCUT2D eigenvalue weighted by molar-refractivity contribution is 0.400. The van der Waals surface area contributed by atoms with Crippen LogP contribution in [0.2, 0.25) is 0 Å². The zero-order chi connectivity index (χ0) is 14.7. The van der Waals surface area contributed by atoms with Gasteiger partial charge in [-0.1, -0.05) is 6.07 Å². The Morgan fingerprint density at radius 1 is 1.14 bits per heavy atom. The van der Waals surface area contributed by atoms with Crippen molar-refractivity contribution in [1.82, 2.24) is 19.9 Å². The molecule has 5 nitrogen and oxygen atoms in total. The molecule has 0 saturated heterocycles. The summed E-state index contributed by atoms with van der Waals surface area (Å²) in [6.45, 7) is 2.08. The van der Waals surface area contributed by atoms with Crippen LogP contribution in [0.15, 0.2) is 59.6 Å². The SMILES string of the molecule is C[C@H](NC(c1ccco1)c1nccn1C)c1ccccn1. The molecule has 2 atom stereocenters. The van der Waals surface area contributed by atoms with E-state index in [1.54, 1.807) is 18.7 Å². The van der Waals surface area contributed by atoms with Crippen molar-refractivity contribution in [3.05, 3.63) is 72.5 Å². The van der Waals surface area contributed by atoms with Gasteiger partial charge in [0.25, 0.3) is 0 Å². The monoisotopic (exact) mass is 282 g/mol. The molecule has 0 aliphatic rings. The van der Waals surface area contributed by atoms with Crippen LogP contribution in [0, 0.1) is 0 Å². The van der Waals surface area contributed by atoms with E-state index in [4.69, 9.17) is 4.42 Å². The van der Waals surface area contributed by atoms with Gasteiger partial charge in [-0.15, -0.1) is 0 Å². The first-order chi connectivity index (χ1) is 10.3. The van der Waals surface area contributed by atoms with Crippen LogP contribution in [0.4, 0.5) is 0 Å². The van der Waals surface area contributed by atoms with Crippen LogP contribution in [0.3, 0.4) is 0 Å². The van der Waals surface area contributed by atoms with Gasteiger partial charge in [0, 0.05) is 31.7 Å². The number of imidazole rings is 1. The summed E-state index contributed by atoms with van der Waals surface area (Å²) >= 11 is 0. The summed E-state index contributed by atoms with van der Waals surface area (Å²) in [5.74, 6) is 1.75. The Kier molecular flexibility index (Phi) is 3.83. The number of nitrogens with zero attached hydrogens (tertiary/aromatic N) is 3. The van der Waals surface area contributed by atoms with Crippen molar-refractivity contribution < 1.29 is 4.42 Å². The maximum Gasteiger partial charge on any atom is 0.133 e. The first-order valence-corrected chi connectivity index (χ1v) is 6.93. The molecule has 0 fully saturated rings. The van der Waals surface area contributed by atoms with Crippen LogP contribution >= 0.6 is 0 Å². The van der Waals surface area contributed by atoms with Gasteiger partial charge >= 0.3 is 0 Å². The summed E-state index contributed by atoms with van der Waals surface area (Å²) in [5.41, 5.74) is 0.989. The quantitative estimate of drug-likeness (QED) is 0.782. The number of aryl methyl sites for hydroxylation is 1. The highest BCUT2D eigenvalue weighted by molar-refractivity contribution is 5.18. The third-order valence-electron chi connectivity index (χ3n) is 3.49. The Labute approximate surface area is 123 Å². The first-order valence-electron chi connectivity index (χ1n) is 6.93. The second-order valence-corrected chi connectivity index (χ2v) is 4.99. The maximum absolute atomic E-state index is 5.57. The van der Waals surface area contributed by atoms with Crippen molar-refractivity contribution >= 4 is 0 Å². The van der Waals surface area contributed by atoms with Gasteiger partial charge in [-0.25, -0.2) is 4.98 Å². The number of aromatic nitrogens is 3. The summed E-state index contributed by atoms with van der Waals surface area (Å²) in [4.78, 5) is 8.84. The number of hydrogen-bond acceptors (Lipinski definition) is 4. The molecule has 1 unspecified atom stereocenters. The molecule has 108 valence electrons. The number of hydrogen-bond donors (Lipinski definition) is 1. The van der Waals surface area contributed by atoms with Gasteiger partial charge in [-0.3, -0.25) is 10.3 Å². The van der Waals surface area contributed by atoms with E-state index in [1.165, 1.54) is 0 Å². The van der Waals surface area contributed by atoms with Gasteiger partial charge in [-0.2, -0.15) is 0 Å². The molecule has 1 N–H and O–H groups in total. The van der Waals surface area contributed by atoms with Crippen molar-refractivity contribution in [3.8, 4) is 0 Å². The van der Waals surface area contributed by atoms with E-state index in [1.807, 2.05) is 48.1 Å². The van der Waals surface area contributed by atoms with E-state index in [0.717, 1.165) is 17.3 Å². The molecular weight excluding hydrogens is 264 g/mol. The minimum atomic E-state index is -0.114. The van der Waals surface area contributed by atoms with Gasteiger partial charge in [0.05, 0.1) is 12.0 Å². The predicted molar refractivity (Wildman–Crippen MR) is 79.5 cm³/mol. The number of rotatable bonds is 5. The molecule has 3 aromatic heterocycles. The Morgan fingerprint density at radius 2 is 2.05 bits per heavy atom. The number of pyridine rings is 1. The van der Waals surface area contributed by atoms with E-state index >= 15 is 0 Å². The van der Waals surface area contributed by atoms with Gasteiger partial charge in [0.15, 0.2) is 0 Å². The number of furan rings is 1. The first kappa shape index (κ1) is 13.6. The Bertz CT molecular complexity index is 675. The Morgan fingerprint density at radius 3 is 2.67 bits per heavy atom. The van der Waals surface area contributed by atoms with Gasteiger partial charge < -0.3 is 8.98 Å². The molecule has 0 amide bonds. The third kappa shape index (κ3) is 2.87. The van der Waals surface area contributed by atoms with Gasteiger partial charge in [0.2, 0.25) is 0 Å². The fourth-order valence-electron chi connectivity index (χ4n) is 2.36. The van der Waals surface area contributed by atoms with E-state index in [9.17, 15) is 0 Å². The van der Waals surface area contributed by atoms with Crippen molar-refractivity contribution in [1.29, 1.82) is 0 Å². The van der Waals surface area contributed by atoms with Crippen LogP contribution in [0.1, 0.15) is 36.3 Å². The van der Waals surface area contributed by atoms with Crippen LogP contribution in [-0.4, -0.2) is 14.5 Å². The smallest absolute Gasteiger partial charge is 0.133 e. The van der Waals surface area contributed by atoms with E-state index < -0.39 is 0 Å². The van der Waals surface area contributed by atoms with Gasteiger partial charge in [-0.05, 0) is 31.2 Å². The Hall–Kier alpha value is -2.40. The average molecular weight is 282 g/mol. The molecule has 0 bridgehead atoms. The molecule has 0 radical (unpaired) electrons. The minimum Gasteiger partial charge on any atom is -0.467 e. The molecule has 0 spiro atoms. The van der Waals surface area contributed by atoms with E-state index in [0.29, 0.717) is 0 Å². The molecule has 3 rings (SSSR count). The second-order valence-electron chi connectivity index (χ2n) is 4.99.